The average molecular weight is 546 g/mol. The molecule has 41 heavy (non-hydrogen) atoms. The van der Waals surface area contributed by atoms with E-state index < -0.39 is 5.97 Å². The Kier molecular flexibility index (Phi) is 5.96. The number of rotatable bonds is 8. The number of aromatic carboxylic acids is 1. The first-order valence-electron chi connectivity index (χ1n) is 14.1. The van der Waals surface area contributed by atoms with Crippen molar-refractivity contribution in [3.63, 3.8) is 0 Å². The number of carboxylic acids is 1. The molecule has 6 aromatic rings. The first-order chi connectivity index (χ1) is 19.9. The van der Waals surface area contributed by atoms with Crippen LogP contribution in [0.4, 0.5) is 0 Å². The molecule has 4 aromatic heterocycles. The van der Waals surface area contributed by atoms with E-state index in [1.54, 1.807) is 12.1 Å². The number of nitrogens with zero attached hydrogens (tertiary/aromatic N) is 7. The van der Waals surface area contributed by atoms with Crippen molar-refractivity contribution in [2.45, 2.75) is 45.1 Å². The number of fused-ring (bicyclic) bond motifs is 2. The van der Waals surface area contributed by atoms with Crippen LogP contribution in [0.5, 0.6) is 0 Å². The number of aromatic nitrogens is 7. The summed E-state index contributed by atoms with van der Waals surface area (Å²) >= 11 is 0. The van der Waals surface area contributed by atoms with Gasteiger partial charge in [-0.15, -0.1) is 0 Å². The number of pyridine rings is 1. The van der Waals surface area contributed by atoms with Crippen LogP contribution in [-0.2, 0) is 33.5 Å². The van der Waals surface area contributed by atoms with Crippen molar-refractivity contribution >= 4 is 27.9 Å². The summed E-state index contributed by atoms with van der Waals surface area (Å²) in [4.78, 5) is 21.4. The molecule has 1 aliphatic carbocycles. The van der Waals surface area contributed by atoms with E-state index >= 15 is 0 Å². The van der Waals surface area contributed by atoms with E-state index in [0.717, 1.165) is 68.7 Å². The Morgan fingerprint density at radius 1 is 1.00 bits per heavy atom. The van der Waals surface area contributed by atoms with Gasteiger partial charge in [-0.05, 0) is 55.5 Å². The lowest BCUT2D eigenvalue weighted by Crippen LogP contribution is -2.02. The van der Waals surface area contributed by atoms with Gasteiger partial charge in [0.15, 0.2) is 5.65 Å². The van der Waals surface area contributed by atoms with Crippen molar-refractivity contribution in [3.8, 4) is 22.6 Å². The number of hydrogen-bond acceptors (Lipinski definition) is 5. The molecule has 0 bridgehead atoms. The molecule has 7 rings (SSSR count). The molecule has 0 saturated heterocycles. The second-order valence-electron chi connectivity index (χ2n) is 10.9. The van der Waals surface area contributed by atoms with Gasteiger partial charge in [0.05, 0.1) is 22.5 Å². The van der Waals surface area contributed by atoms with Crippen LogP contribution in [0, 0.1) is 0 Å². The number of carbonyl (C=O) groups is 1. The number of imidazole rings is 1. The third-order valence-corrected chi connectivity index (χ3v) is 8.05. The van der Waals surface area contributed by atoms with Crippen molar-refractivity contribution in [1.82, 2.24) is 34.1 Å². The molecule has 0 aliphatic heterocycles. The second-order valence-corrected chi connectivity index (χ2v) is 10.9. The molecule has 206 valence electrons. The summed E-state index contributed by atoms with van der Waals surface area (Å²) < 4.78 is 6.06. The van der Waals surface area contributed by atoms with Gasteiger partial charge >= 0.3 is 5.97 Å². The Bertz CT molecular complexity index is 1940. The number of aryl methyl sites for hydroxylation is 4. The molecule has 4 heterocycles. The number of carboxylic acid groups (broad SMARTS) is 1. The molecule has 2 aromatic carbocycles. The van der Waals surface area contributed by atoms with E-state index in [9.17, 15) is 4.79 Å². The van der Waals surface area contributed by atoms with Crippen LogP contribution < -0.4 is 0 Å². The summed E-state index contributed by atoms with van der Waals surface area (Å²) in [6, 6.07) is 15.5. The van der Waals surface area contributed by atoms with Crippen LogP contribution in [0.15, 0.2) is 60.9 Å². The zero-order chi connectivity index (χ0) is 28.2. The van der Waals surface area contributed by atoms with E-state index in [1.807, 2.05) is 40.8 Å². The molecule has 1 aliphatic rings. The number of hydrogen-bond donors (Lipinski definition) is 1. The largest absolute Gasteiger partial charge is 0.478 e. The molecule has 0 spiro atoms. The SMILES string of the molecule is CCc1nc2nn(C)cc2cc1-c1nc(-c2cccc3nn(CCc4ccc(C(=O)O)cc4)cc23)c(C2CC2)n1C. The normalized spacial score (nSPS) is 13.4. The van der Waals surface area contributed by atoms with Crippen molar-refractivity contribution in [2.24, 2.45) is 14.1 Å². The summed E-state index contributed by atoms with van der Waals surface area (Å²) in [6.45, 7) is 2.82. The summed E-state index contributed by atoms with van der Waals surface area (Å²) in [6.07, 6.45) is 8.01. The lowest BCUT2D eigenvalue weighted by Gasteiger charge is -2.09. The van der Waals surface area contributed by atoms with Gasteiger partial charge in [0.1, 0.15) is 5.82 Å². The molecular weight excluding hydrogens is 514 g/mol. The first kappa shape index (κ1) is 25.2. The third kappa shape index (κ3) is 4.47. The maximum atomic E-state index is 11.2. The summed E-state index contributed by atoms with van der Waals surface area (Å²) in [7, 11) is 4.05. The molecule has 1 N–H and O–H groups in total. The molecule has 1 saturated carbocycles. The molecule has 1 fully saturated rings. The fourth-order valence-electron chi connectivity index (χ4n) is 5.82. The minimum absolute atomic E-state index is 0.298. The third-order valence-electron chi connectivity index (χ3n) is 8.05. The van der Waals surface area contributed by atoms with Crippen LogP contribution in [0.3, 0.4) is 0 Å². The molecule has 9 heteroatoms. The smallest absolute Gasteiger partial charge is 0.335 e. The Morgan fingerprint density at radius 2 is 1.80 bits per heavy atom. The van der Waals surface area contributed by atoms with Gasteiger partial charge in [-0.25, -0.2) is 14.8 Å². The highest BCUT2D eigenvalue weighted by atomic mass is 16.4. The molecule has 0 radical (unpaired) electrons. The van der Waals surface area contributed by atoms with Gasteiger partial charge in [-0.2, -0.15) is 10.2 Å². The minimum atomic E-state index is -0.912. The maximum Gasteiger partial charge on any atom is 0.335 e. The summed E-state index contributed by atoms with van der Waals surface area (Å²) in [5, 5.41) is 20.6. The van der Waals surface area contributed by atoms with Gasteiger partial charge in [0.25, 0.3) is 0 Å². The second kappa shape index (κ2) is 9.69. The molecule has 0 amide bonds. The van der Waals surface area contributed by atoms with Crippen molar-refractivity contribution < 1.29 is 9.90 Å². The fourth-order valence-corrected chi connectivity index (χ4v) is 5.82. The van der Waals surface area contributed by atoms with E-state index in [2.05, 4.69) is 48.0 Å². The number of benzene rings is 2. The van der Waals surface area contributed by atoms with E-state index in [-0.39, 0.29) is 0 Å². The summed E-state index contributed by atoms with van der Waals surface area (Å²) in [5.41, 5.74) is 8.51. The van der Waals surface area contributed by atoms with Crippen LogP contribution in [0.2, 0.25) is 0 Å². The van der Waals surface area contributed by atoms with E-state index in [0.29, 0.717) is 18.0 Å². The molecule has 9 nitrogen and oxygen atoms in total. The predicted molar refractivity (Wildman–Crippen MR) is 158 cm³/mol. The van der Waals surface area contributed by atoms with Crippen LogP contribution >= 0.6 is 0 Å². The molecular formula is C32H31N7O2. The van der Waals surface area contributed by atoms with Crippen LogP contribution in [0.1, 0.15) is 53.0 Å². The predicted octanol–water partition coefficient (Wildman–Crippen LogP) is 5.77. The highest BCUT2D eigenvalue weighted by molar-refractivity contribution is 5.95. The average Bonchev–Trinajstić information content (AvgIpc) is 3.46. The topological polar surface area (TPSA) is 104 Å². The Balaban J connectivity index is 1.28. The van der Waals surface area contributed by atoms with E-state index in [1.165, 1.54) is 18.5 Å². The zero-order valence-corrected chi connectivity index (χ0v) is 23.4. The lowest BCUT2D eigenvalue weighted by molar-refractivity contribution is 0.0697. The highest BCUT2D eigenvalue weighted by Gasteiger charge is 2.33. The van der Waals surface area contributed by atoms with Crippen LogP contribution in [0.25, 0.3) is 44.6 Å². The monoisotopic (exact) mass is 545 g/mol. The maximum absolute atomic E-state index is 11.2. The van der Waals surface area contributed by atoms with E-state index in [4.69, 9.17) is 20.2 Å². The minimum Gasteiger partial charge on any atom is -0.478 e. The zero-order valence-electron chi connectivity index (χ0n) is 23.4. The van der Waals surface area contributed by atoms with Crippen molar-refractivity contribution in [1.29, 1.82) is 0 Å². The van der Waals surface area contributed by atoms with Gasteiger partial charge in [0.2, 0.25) is 0 Å². The lowest BCUT2D eigenvalue weighted by atomic mass is 10.0. The van der Waals surface area contributed by atoms with Crippen LogP contribution in [-0.4, -0.2) is 45.2 Å². The first-order valence-corrected chi connectivity index (χ1v) is 14.1. The summed E-state index contributed by atoms with van der Waals surface area (Å²) in [5.74, 6) is 0.521. The molecule has 0 atom stereocenters. The van der Waals surface area contributed by atoms with Crippen molar-refractivity contribution in [2.75, 3.05) is 0 Å². The van der Waals surface area contributed by atoms with Gasteiger partial charge in [0, 0.05) is 66.5 Å². The van der Waals surface area contributed by atoms with Gasteiger partial charge in [-0.3, -0.25) is 9.36 Å². The fraction of sp³-hybridized carbons (Fsp3) is 0.281. The van der Waals surface area contributed by atoms with Gasteiger partial charge < -0.3 is 9.67 Å². The molecule has 0 unspecified atom stereocenters. The Morgan fingerprint density at radius 3 is 2.54 bits per heavy atom. The highest BCUT2D eigenvalue weighted by Crippen LogP contribution is 2.47. The Hall–Kier alpha value is -4.79. The Labute approximate surface area is 237 Å². The van der Waals surface area contributed by atoms with Crippen molar-refractivity contribution in [3.05, 3.63) is 83.4 Å². The quantitative estimate of drug-likeness (QED) is 0.261. The standard InChI is InChI=1S/C32H31N7O2/c1-4-26-24(16-22-17-37(2)36-30(22)33-26)31-34-28(29(38(31)3)20-12-13-20)23-6-5-7-27-25(23)18-39(35-27)15-14-19-8-10-21(11-9-19)32(40)41/h5-11,16-18,20H,4,12-15H2,1-3H3,(H,40,41). The van der Waals surface area contributed by atoms with Gasteiger partial charge in [-0.1, -0.05) is 31.2 Å².